The second kappa shape index (κ2) is 8.24. The maximum Gasteiger partial charge on any atom is 0.296 e. The lowest BCUT2D eigenvalue weighted by molar-refractivity contribution is -0.384. The van der Waals surface area contributed by atoms with Gasteiger partial charge in [0.2, 0.25) is 0 Å². The van der Waals surface area contributed by atoms with Gasteiger partial charge >= 0.3 is 0 Å². The predicted molar refractivity (Wildman–Crippen MR) is 89.7 cm³/mol. The van der Waals surface area contributed by atoms with Gasteiger partial charge < -0.3 is 14.8 Å². The molecule has 0 spiro atoms. The van der Waals surface area contributed by atoms with Crippen molar-refractivity contribution in [3.8, 4) is 11.5 Å². The Morgan fingerprint density at radius 1 is 1.12 bits per heavy atom. The maximum atomic E-state index is 13.7. The number of carbonyl (C=O) groups excluding carboxylic acids is 1. The smallest absolute Gasteiger partial charge is 0.296 e. The van der Waals surface area contributed by atoms with Gasteiger partial charge in [-0.05, 0) is 26.0 Å². The molecule has 0 aliphatic rings. The molecule has 0 radical (unpaired) electrons. The second-order valence-corrected chi connectivity index (χ2v) is 5.02. The van der Waals surface area contributed by atoms with Crippen molar-refractivity contribution in [3.05, 3.63) is 57.6 Å². The number of ether oxygens (including phenoxy) is 2. The van der Waals surface area contributed by atoms with Crippen LogP contribution in [0.3, 0.4) is 0 Å². The number of nitrogens with one attached hydrogen (secondary N) is 1. The average Bonchev–Trinajstić information content (AvgIpc) is 2.56. The van der Waals surface area contributed by atoms with Gasteiger partial charge in [0.15, 0.2) is 11.5 Å². The summed E-state index contributed by atoms with van der Waals surface area (Å²) in [5.41, 5.74) is -1.10. The molecule has 0 saturated carbocycles. The number of nitro benzene ring substituents is 1. The van der Waals surface area contributed by atoms with E-state index < -0.39 is 33.7 Å². The van der Waals surface area contributed by atoms with Gasteiger partial charge in [0.1, 0.15) is 17.3 Å². The van der Waals surface area contributed by atoms with E-state index in [2.05, 4.69) is 5.32 Å². The molecule has 1 N–H and O–H groups in total. The van der Waals surface area contributed by atoms with Crippen molar-refractivity contribution in [2.75, 3.05) is 18.5 Å². The molecule has 0 atom stereocenters. The lowest BCUT2D eigenvalue weighted by atomic mass is 10.1. The minimum Gasteiger partial charge on any atom is -0.490 e. The van der Waals surface area contributed by atoms with Crippen LogP contribution in [0.5, 0.6) is 11.5 Å². The molecule has 0 heterocycles. The maximum absolute atomic E-state index is 13.7. The summed E-state index contributed by atoms with van der Waals surface area (Å²) in [7, 11) is 0. The summed E-state index contributed by atoms with van der Waals surface area (Å²) in [5, 5.41) is 13.6. The van der Waals surface area contributed by atoms with Gasteiger partial charge in [-0.1, -0.05) is 0 Å². The SMILES string of the molecule is CCOc1cc(NC(=O)c2ccc(F)cc2F)c([N+](=O)[O-])cc1OCC. The number of nitrogens with zero attached hydrogens (tertiary/aromatic N) is 1. The number of benzene rings is 2. The molecule has 0 bridgehead atoms. The quantitative estimate of drug-likeness (QED) is 0.592. The first-order chi connectivity index (χ1) is 12.4. The fourth-order valence-corrected chi connectivity index (χ4v) is 2.20. The zero-order valence-corrected chi connectivity index (χ0v) is 14.0. The van der Waals surface area contributed by atoms with Gasteiger partial charge in [-0.2, -0.15) is 0 Å². The van der Waals surface area contributed by atoms with Crippen molar-refractivity contribution in [2.24, 2.45) is 0 Å². The highest BCUT2D eigenvalue weighted by Crippen LogP contribution is 2.38. The van der Waals surface area contributed by atoms with Crippen LogP contribution in [-0.2, 0) is 0 Å². The summed E-state index contributed by atoms with van der Waals surface area (Å²) in [4.78, 5) is 22.8. The van der Waals surface area contributed by atoms with E-state index in [-0.39, 0.29) is 30.4 Å². The summed E-state index contributed by atoms with van der Waals surface area (Å²) in [6.45, 7) is 3.93. The van der Waals surface area contributed by atoms with Crippen LogP contribution in [0, 0.1) is 21.7 Å². The molecular weight excluding hydrogens is 350 g/mol. The van der Waals surface area contributed by atoms with Crippen LogP contribution >= 0.6 is 0 Å². The topological polar surface area (TPSA) is 90.7 Å². The van der Waals surface area contributed by atoms with E-state index >= 15 is 0 Å². The Hall–Kier alpha value is -3.23. The minimum atomic E-state index is -1.08. The Labute approximate surface area is 147 Å². The van der Waals surface area contributed by atoms with Gasteiger partial charge in [0.05, 0.1) is 29.8 Å². The summed E-state index contributed by atoms with van der Waals surface area (Å²) >= 11 is 0. The van der Waals surface area contributed by atoms with E-state index in [1.165, 1.54) is 6.07 Å². The van der Waals surface area contributed by atoms with E-state index in [1.807, 2.05) is 0 Å². The Balaban J connectivity index is 2.44. The van der Waals surface area contributed by atoms with Crippen LogP contribution < -0.4 is 14.8 Å². The summed E-state index contributed by atoms with van der Waals surface area (Å²) in [6, 6.07) is 4.75. The molecule has 138 valence electrons. The highest BCUT2D eigenvalue weighted by atomic mass is 19.1. The number of amides is 1. The van der Waals surface area contributed by atoms with Crippen LogP contribution in [0.4, 0.5) is 20.2 Å². The average molecular weight is 366 g/mol. The number of nitro groups is 1. The zero-order chi connectivity index (χ0) is 19.3. The third kappa shape index (κ3) is 4.24. The van der Waals surface area contributed by atoms with Crippen LogP contribution in [-0.4, -0.2) is 24.0 Å². The first kappa shape index (κ1) is 19.1. The molecule has 0 aromatic heterocycles. The highest BCUT2D eigenvalue weighted by molar-refractivity contribution is 6.05. The van der Waals surface area contributed by atoms with Crippen molar-refractivity contribution in [3.63, 3.8) is 0 Å². The molecule has 0 unspecified atom stereocenters. The van der Waals surface area contributed by atoms with Crippen LogP contribution in [0.1, 0.15) is 24.2 Å². The number of carbonyl (C=O) groups is 1. The highest BCUT2D eigenvalue weighted by Gasteiger charge is 2.23. The van der Waals surface area contributed by atoms with E-state index in [4.69, 9.17) is 9.47 Å². The van der Waals surface area contributed by atoms with E-state index in [0.717, 1.165) is 18.2 Å². The van der Waals surface area contributed by atoms with Gasteiger partial charge in [-0.3, -0.25) is 14.9 Å². The second-order valence-electron chi connectivity index (χ2n) is 5.02. The minimum absolute atomic E-state index is 0.145. The fraction of sp³-hybridized carbons (Fsp3) is 0.235. The molecule has 2 aromatic carbocycles. The molecule has 2 rings (SSSR count). The standard InChI is InChI=1S/C17H16F2N2O5/c1-3-25-15-8-13(14(21(23)24)9-16(15)26-4-2)20-17(22)11-6-5-10(18)7-12(11)19/h5-9H,3-4H2,1-2H3,(H,20,22). The van der Waals surface area contributed by atoms with Crippen molar-refractivity contribution in [1.29, 1.82) is 0 Å². The van der Waals surface area contributed by atoms with Gasteiger partial charge in [-0.15, -0.1) is 0 Å². The molecule has 7 nitrogen and oxygen atoms in total. The fourth-order valence-electron chi connectivity index (χ4n) is 2.20. The van der Waals surface area contributed by atoms with E-state index in [0.29, 0.717) is 6.07 Å². The molecule has 9 heteroatoms. The number of rotatable bonds is 7. The third-order valence-electron chi connectivity index (χ3n) is 3.28. The van der Waals surface area contributed by atoms with Gasteiger partial charge in [-0.25, -0.2) is 8.78 Å². The van der Waals surface area contributed by atoms with Crippen LogP contribution in [0.25, 0.3) is 0 Å². The summed E-state index contributed by atoms with van der Waals surface area (Å²) < 4.78 is 37.4. The predicted octanol–water partition coefficient (Wildman–Crippen LogP) is 3.92. The Kier molecular flexibility index (Phi) is 6.05. The van der Waals surface area contributed by atoms with Crippen molar-refractivity contribution in [1.82, 2.24) is 0 Å². The number of hydrogen-bond donors (Lipinski definition) is 1. The number of anilines is 1. The van der Waals surface area contributed by atoms with Gasteiger partial charge in [0, 0.05) is 12.1 Å². The molecule has 0 saturated heterocycles. The van der Waals surface area contributed by atoms with E-state index in [1.54, 1.807) is 13.8 Å². The lowest BCUT2D eigenvalue weighted by Gasteiger charge is -2.13. The molecule has 0 fully saturated rings. The molecule has 26 heavy (non-hydrogen) atoms. The van der Waals surface area contributed by atoms with E-state index in [9.17, 15) is 23.7 Å². The first-order valence-electron chi connectivity index (χ1n) is 7.71. The summed E-state index contributed by atoms with van der Waals surface area (Å²) in [5.74, 6) is -2.55. The Morgan fingerprint density at radius 3 is 2.27 bits per heavy atom. The van der Waals surface area contributed by atoms with Gasteiger partial charge in [0.25, 0.3) is 11.6 Å². The number of hydrogen-bond acceptors (Lipinski definition) is 5. The largest absolute Gasteiger partial charge is 0.490 e. The molecule has 0 aliphatic heterocycles. The summed E-state index contributed by atoms with van der Waals surface area (Å²) in [6.07, 6.45) is 0. The number of halogens is 2. The molecule has 2 aromatic rings. The third-order valence-corrected chi connectivity index (χ3v) is 3.28. The Bertz CT molecular complexity index is 842. The van der Waals surface area contributed by atoms with Crippen LogP contribution in [0.2, 0.25) is 0 Å². The van der Waals surface area contributed by atoms with Crippen molar-refractivity contribution >= 4 is 17.3 Å². The monoisotopic (exact) mass is 366 g/mol. The van der Waals surface area contributed by atoms with Crippen molar-refractivity contribution in [2.45, 2.75) is 13.8 Å². The molecular formula is C17H16F2N2O5. The molecule has 1 amide bonds. The lowest BCUT2D eigenvalue weighted by Crippen LogP contribution is -2.15. The molecule has 0 aliphatic carbocycles. The van der Waals surface area contributed by atoms with Crippen molar-refractivity contribution < 1.29 is 28.0 Å². The Morgan fingerprint density at radius 2 is 1.73 bits per heavy atom. The normalized spacial score (nSPS) is 10.3. The zero-order valence-electron chi connectivity index (χ0n) is 14.0. The first-order valence-corrected chi connectivity index (χ1v) is 7.71. The van der Waals surface area contributed by atoms with Crippen LogP contribution in [0.15, 0.2) is 30.3 Å².